The largest absolute Gasteiger partial charge is 0.352 e. The number of nitrogens with one attached hydrogen (secondary N) is 1. The Morgan fingerprint density at radius 3 is 2.19 bits per heavy atom. The Bertz CT molecular complexity index is 1180. The number of hydrogen-bond acceptors (Lipinski definition) is 5. The summed E-state index contributed by atoms with van der Waals surface area (Å²) in [5.41, 5.74) is 1.05. The maximum absolute atomic E-state index is 13.6. The molecule has 196 valence electrons. The van der Waals surface area contributed by atoms with Crippen LogP contribution in [0.2, 0.25) is 0 Å². The normalized spacial score (nSPS) is 12.9. The minimum Gasteiger partial charge on any atom is -0.352 e. The number of carbonyl (C=O) groups excluding carboxylic acids is 3. The number of halogens is 1. The molecule has 0 aromatic heterocycles. The topological polar surface area (TPSA) is 104 Å². The van der Waals surface area contributed by atoms with Crippen LogP contribution < -0.4 is 9.62 Å². The molecule has 0 aliphatic carbocycles. The van der Waals surface area contributed by atoms with Crippen molar-refractivity contribution < 1.29 is 27.2 Å². The Morgan fingerprint density at radius 2 is 1.67 bits per heavy atom. The van der Waals surface area contributed by atoms with Gasteiger partial charge in [-0.15, -0.1) is 0 Å². The highest BCUT2D eigenvalue weighted by Gasteiger charge is 2.32. The van der Waals surface area contributed by atoms with Crippen LogP contribution in [-0.4, -0.2) is 55.8 Å². The van der Waals surface area contributed by atoms with Gasteiger partial charge >= 0.3 is 0 Å². The van der Waals surface area contributed by atoms with Gasteiger partial charge in [0.25, 0.3) is 0 Å². The van der Waals surface area contributed by atoms with E-state index < -0.39 is 34.3 Å². The van der Waals surface area contributed by atoms with Gasteiger partial charge in [-0.3, -0.25) is 18.7 Å². The highest BCUT2D eigenvalue weighted by atomic mass is 32.2. The average molecular weight is 520 g/mol. The van der Waals surface area contributed by atoms with Gasteiger partial charge in [-0.2, -0.15) is 0 Å². The van der Waals surface area contributed by atoms with E-state index in [1.54, 1.807) is 19.1 Å². The van der Waals surface area contributed by atoms with E-state index in [1.807, 2.05) is 13.8 Å². The van der Waals surface area contributed by atoms with Crippen molar-refractivity contribution >= 4 is 33.3 Å². The summed E-state index contributed by atoms with van der Waals surface area (Å²) in [5.74, 6) is -1.65. The van der Waals surface area contributed by atoms with Gasteiger partial charge in [0.05, 0.1) is 11.9 Å². The lowest BCUT2D eigenvalue weighted by molar-refractivity contribution is -0.140. The zero-order chi connectivity index (χ0) is 27.0. The number of benzene rings is 2. The SMILES string of the molecule is CC[C@H](C(=O)N[C@@H](C)CC)N(Cc1ccc(F)cc1)C(=O)CN(c1cccc(C(C)=O)c1)S(C)(=O)=O. The highest BCUT2D eigenvalue weighted by molar-refractivity contribution is 7.92. The van der Waals surface area contributed by atoms with Crippen molar-refractivity contribution in [1.82, 2.24) is 10.2 Å². The molecule has 0 radical (unpaired) electrons. The number of carbonyl (C=O) groups is 3. The summed E-state index contributed by atoms with van der Waals surface area (Å²) in [5, 5.41) is 2.88. The molecule has 0 fully saturated rings. The van der Waals surface area contributed by atoms with Crippen molar-refractivity contribution in [1.29, 1.82) is 0 Å². The molecule has 0 unspecified atom stereocenters. The Labute approximate surface area is 212 Å². The summed E-state index contributed by atoms with van der Waals surface area (Å²) < 4.78 is 39.7. The molecule has 0 aliphatic rings. The molecule has 2 aromatic carbocycles. The predicted molar refractivity (Wildman–Crippen MR) is 138 cm³/mol. The predicted octanol–water partition coefficient (Wildman–Crippen LogP) is 3.52. The lowest BCUT2D eigenvalue weighted by atomic mass is 10.1. The molecule has 0 bridgehead atoms. The summed E-state index contributed by atoms with van der Waals surface area (Å²) in [7, 11) is -3.92. The molecule has 0 spiro atoms. The average Bonchev–Trinajstić information content (AvgIpc) is 2.82. The second-order valence-corrected chi connectivity index (χ2v) is 10.7. The van der Waals surface area contributed by atoms with Crippen LogP contribution in [0.4, 0.5) is 10.1 Å². The first kappa shape index (κ1) is 29.0. The van der Waals surface area contributed by atoms with Gasteiger partial charge in [-0.1, -0.05) is 38.1 Å². The van der Waals surface area contributed by atoms with Crippen molar-refractivity contribution in [2.45, 2.75) is 59.2 Å². The van der Waals surface area contributed by atoms with E-state index >= 15 is 0 Å². The minimum atomic E-state index is -3.92. The minimum absolute atomic E-state index is 0.0172. The summed E-state index contributed by atoms with van der Waals surface area (Å²) >= 11 is 0. The summed E-state index contributed by atoms with van der Waals surface area (Å²) in [6.07, 6.45) is 1.95. The zero-order valence-electron chi connectivity index (χ0n) is 21.3. The quantitative estimate of drug-likeness (QED) is 0.432. The molecule has 0 heterocycles. The maximum atomic E-state index is 13.6. The number of anilines is 1. The van der Waals surface area contributed by atoms with E-state index in [0.29, 0.717) is 17.5 Å². The van der Waals surface area contributed by atoms with E-state index in [9.17, 15) is 27.2 Å². The van der Waals surface area contributed by atoms with Crippen LogP contribution in [0, 0.1) is 5.82 Å². The van der Waals surface area contributed by atoms with Crippen molar-refractivity contribution in [3.63, 3.8) is 0 Å². The third-order valence-electron chi connectivity index (χ3n) is 5.87. The molecule has 2 amide bonds. The van der Waals surface area contributed by atoms with E-state index in [4.69, 9.17) is 0 Å². The Balaban J connectivity index is 2.47. The van der Waals surface area contributed by atoms with Crippen LogP contribution >= 0.6 is 0 Å². The molecule has 0 aliphatic heterocycles. The van der Waals surface area contributed by atoms with Gasteiger partial charge in [0, 0.05) is 18.2 Å². The molecular formula is C26H34FN3O5S. The smallest absolute Gasteiger partial charge is 0.244 e. The van der Waals surface area contributed by atoms with Crippen LogP contribution in [0.1, 0.15) is 56.5 Å². The number of amides is 2. The van der Waals surface area contributed by atoms with Gasteiger partial charge < -0.3 is 10.2 Å². The van der Waals surface area contributed by atoms with Crippen molar-refractivity contribution in [3.8, 4) is 0 Å². The van der Waals surface area contributed by atoms with Crippen molar-refractivity contribution in [2.75, 3.05) is 17.1 Å². The molecule has 2 aromatic rings. The van der Waals surface area contributed by atoms with Gasteiger partial charge in [-0.05, 0) is 56.5 Å². The van der Waals surface area contributed by atoms with Gasteiger partial charge in [0.1, 0.15) is 18.4 Å². The number of nitrogens with zero attached hydrogens (tertiary/aromatic N) is 2. The first-order valence-corrected chi connectivity index (χ1v) is 13.6. The highest BCUT2D eigenvalue weighted by Crippen LogP contribution is 2.21. The number of rotatable bonds is 12. The molecular weight excluding hydrogens is 485 g/mol. The Hall–Kier alpha value is -3.27. The number of Topliss-reactive ketones (excluding diaryl/α,β-unsaturated/α-hetero) is 1. The number of sulfonamides is 1. The fourth-order valence-corrected chi connectivity index (χ4v) is 4.48. The molecule has 8 nitrogen and oxygen atoms in total. The lowest BCUT2D eigenvalue weighted by Crippen LogP contribution is -2.53. The van der Waals surface area contributed by atoms with E-state index in [2.05, 4.69) is 5.32 Å². The van der Waals surface area contributed by atoms with E-state index in [0.717, 1.165) is 10.6 Å². The molecule has 2 atom stereocenters. The maximum Gasteiger partial charge on any atom is 0.244 e. The van der Waals surface area contributed by atoms with Gasteiger partial charge in [-0.25, -0.2) is 12.8 Å². The molecule has 0 saturated heterocycles. The van der Waals surface area contributed by atoms with Crippen molar-refractivity contribution in [2.24, 2.45) is 0 Å². The van der Waals surface area contributed by atoms with Gasteiger partial charge in [0.15, 0.2) is 5.78 Å². The molecule has 1 N–H and O–H groups in total. The van der Waals surface area contributed by atoms with Crippen LogP contribution in [0.15, 0.2) is 48.5 Å². The van der Waals surface area contributed by atoms with Crippen LogP contribution in [0.3, 0.4) is 0 Å². The van der Waals surface area contributed by atoms with E-state index in [1.165, 1.54) is 48.2 Å². The monoisotopic (exact) mass is 519 g/mol. The molecule has 2 rings (SSSR count). The van der Waals surface area contributed by atoms with E-state index in [-0.39, 0.29) is 36.4 Å². The summed E-state index contributed by atoms with van der Waals surface area (Å²) in [4.78, 5) is 39.8. The number of ketones is 1. The Morgan fingerprint density at radius 1 is 1.03 bits per heavy atom. The van der Waals surface area contributed by atoms with Crippen LogP contribution in [-0.2, 0) is 26.2 Å². The third-order valence-corrected chi connectivity index (χ3v) is 7.01. The van der Waals surface area contributed by atoms with Crippen LogP contribution in [0.25, 0.3) is 0 Å². The first-order chi connectivity index (χ1) is 16.9. The summed E-state index contributed by atoms with van der Waals surface area (Å²) in [6, 6.07) is 10.6. The molecule has 36 heavy (non-hydrogen) atoms. The van der Waals surface area contributed by atoms with Crippen molar-refractivity contribution in [3.05, 3.63) is 65.5 Å². The fraction of sp³-hybridized carbons (Fsp3) is 0.423. The fourth-order valence-electron chi connectivity index (χ4n) is 3.64. The second-order valence-electron chi connectivity index (χ2n) is 8.77. The summed E-state index contributed by atoms with van der Waals surface area (Å²) in [6.45, 7) is 6.31. The second kappa shape index (κ2) is 12.6. The lowest BCUT2D eigenvalue weighted by Gasteiger charge is -2.33. The van der Waals surface area contributed by atoms with Crippen LogP contribution in [0.5, 0.6) is 0 Å². The third kappa shape index (κ3) is 7.87. The standard InChI is InChI=1S/C26H34FN3O5S/c1-6-18(3)28-26(33)24(7-2)29(16-20-11-13-22(27)14-12-20)25(32)17-30(36(5,34)35)23-10-8-9-21(15-23)19(4)31/h8-15,18,24H,6-7,16-17H2,1-5H3,(H,28,33)/t18-,24+/m0/s1. The Kier molecular flexibility index (Phi) is 10.2. The number of hydrogen-bond donors (Lipinski definition) is 1. The first-order valence-electron chi connectivity index (χ1n) is 11.8. The molecule has 10 heteroatoms. The molecule has 0 saturated carbocycles. The van der Waals surface area contributed by atoms with Gasteiger partial charge in [0.2, 0.25) is 21.8 Å². The zero-order valence-corrected chi connectivity index (χ0v) is 22.1.